The Kier molecular flexibility index (Phi) is 5.62. The molecule has 0 radical (unpaired) electrons. The maximum Gasteiger partial charge on any atom is 0.122 e. The number of aryl methyl sites for hydroxylation is 1. The van der Waals surface area contributed by atoms with E-state index in [1.807, 2.05) is 43.3 Å². The molecule has 1 N–H and O–H groups in total. The topological polar surface area (TPSA) is 29.5 Å². The molecule has 0 saturated heterocycles. The van der Waals surface area contributed by atoms with E-state index >= 15 is 0 Å². The highest BCUT2D eigenvalue weighted by Gasteiger charge is 2.16. The third kappa shape index (κ3) is 3.69. The molecule has 0 saturated carbocycles. The Balaban J connectivity index is 2.24. The van der Waals surface area contributed by atoms with E-state index in [9.17, 15) is 5.11 Å². The second-order valence-corrected chi connectivity index (χ2v) is 5.92. The molecule has 0 amide bonds. The summed E-state index contributed by atoms with van der Waals surface area (Å²) in [5.41, 5.74) is 5.28. The van der Waals surface area contributed by atoms with Crippen molar-refractivity contribution in [2.45, 2.75) is 46.6 Å². The number of hydrogen-bond donors (Lipinski definition) is 1. The van der Waals surface area contributed by atoms with Gasteiger partial charge >= 0.3 is 0 Å². The number of unbranched alkanes of at least 4 members (excludes halogenated alkanes) is 1. The minimum Gasteiger partial charge on any atom is -0.493 e. The smallest absolute Gasteiger partial charge is 0.122 e. The Morgan fingerprint density at radius 2 is 1.64 bits per heavy atom. The Morgan fingerprint density at radius 1 is 0.955 bits per heavy atom. The summed E-state index contributed by atoms with van der Waals surface area (Å²) >= 11 is 0. The number of ether oxygens (including phenoxy) is 1. The Labute approximate surface area is 133 Å². The highest BCUT2D eigenvalue weighted by molar-refractivity contribution is 5.46. The van der Waals surface area contributed by atoms with E-state index < -0.39 is 6.10 Å². The van der Waals surface area contributed by atoms with Crippen LogP contribution in [0.3, 0.4) is 0 Å². The molecule has 2 aromatic carbocycles. The minimum absolute atomic E-state index is 0.594. The van der Waals surface area contributed by atoms with Crippen LogP contribution >= 0.6 is 0 Å². The van der Waals surface area contributed by atoms with Gasteiger partial charge in [-0.15, -0.1) is 0 Å². The van der Waals surface area contributed by atoms with Crippen molar-refractivity contribution < 1.29 is 9.84 Å². The average molecular weight is 298 g/mol. The number of hydrogen-bond acceptors (Lipinski definition) is 2. The van der Waals surface area contributed by atoms with E-state index in [-0.39, 0.29) is 0 Å². The van der Waals surface area contributed by atoms with Gasteiger partial charge in [0.15, 0.2) is 0 Å². The SMILES string of the molecule is CCCCOc1ccc(C(O)c2ccc(C)cc2)c(C)c1C. The highest BCUT2D eigenvalue weighted by Crippen LogP contribution is 2.31. The van der Waals surface area contributed by atoms with E-state index in [1.54, 1.807) is 0 Å². The highest BCUT2D eigenvalue weighted by atomic mass is 16.5. The zero-order chi connectivity index (χ0) is 16.1. The summed E-state index contributed by atoms with van der Waals surface area (Å²) in [6, 6.07) is 12.0. The predicted octanol–water partition coefficient (Wildman–Crippen LogP) is 4.87. The zero-order valence-corrected chi connectivity index (χ0v) is 14.0. The number of aliphatic hydroxyl groups excluding tert-OH is 1. The first-order valence-electron chi connectivity index (χ1n) is 8.02. The van der Waals surface area contributed by atoms with Gasteiger partial charge in [0.25, 0.3) is 0 Å². The Hall–Kier alpha value is -1.80. The molecular formula is C20H26O2. The van der Waals surface area contributed by atoms with Crippen molar-refractivity contribution in [2.24, 2.45) is 0 Å². The lowest BCUT2D eigenvalue weighted by molar-refractivity contribution is 0.219. The molecule has 2 aromatic rings. The lowest BCUT2D eigenvalue weighted by Crippen LogP contribution is -2.05. The molecule has 2 heteroatoms. The largest absolute Gasteiger partial charge is 0.493 e. The van der Waals surface area contributed by atoms with Crippen LogP contribution in [0.5, 0.6) is 5.75 Å². The first kappa shape index (κ1) is 16.6. The maximum absolute atomic E-state index is 10.7. The van der Waals surface area contributed by atoms with Crippen molar-refractivity contribution in [2.75, 3.05) is 6.61 Å². The van der Waals surface area contributed by atoms with E-state index in [2.05, 4.69) is 20.8 Å². The van der Waals surface area contributed by atoms with Crippen LogP contribution in [-0.2, 0) is 0 Å². The van der Waals surface area contributed by atoms with Crippen LogP contribution in [0.4, 0.5) is 0 Å². The molecule has 0 heterocycles. The molecule has 22 heavy (non-hydrogen) atoms. The third-order valence-electron chi connectivity index (χ3n) is 4.22. The predicted molar refractivity (Wildman–Crippen MR) is 91.6 cm³/mol. The van der Waals surface area contributed by atoms with Gasteiger partial charge in [0.2, 0.25) is 0 Å². The monoisotopic (exact) mass is 298 g/mol. The lowest BCUT2D eigenvalue weighted by atomic mass is 9.94. The molecule has 118 valence electrons. The summed E-state index contributed by atoms with van der Waals surface area (Å²) in [7, 11) is 0. The minimum atomic E-state index is -0.594. The molecule has 2 rings (SSSR count). The number of rotatable bonds is 6. The van der Waals surface area contributed by atoms with Gasteiger partial charge in [-0.25, -0.2) is 0 Å². The molecule has 1 atom stereocenters. The Morgan fingerprint density at radius 3 is 2.27 bits per heavy atom. The zero-order valence-electron chi connectivity index (χ0n) is 14.0. The van der Waals surface area contributed by atoms with Gasteiger partial charge in [-0.05, 0) is 55.5 Å². The number of benzene rings is 2. The summed E-state index contributed by atoms with van der Waals surface area (Å²) in [6.07, 6.45) is 1.60. The second-order valence-electron chi connectivity index (χ2n) is 5.92. The molecule has 2 nitrogen and oxygen atoms in total. The second kappa shape index (κ2) is 7.46. The lowest BCUT2D eigenvalue weighted by Gasteiger charge is -2.18. The summed E-state index contributed by atoms with van der Waals surface area (Å²) in [4.78, 5) is 0. The molecule has 0 fully saturated rings. The van der Waals surface area contributed by atoms with Crippen molar-refractivity contribution >= 4 is 0 Å². The molecule has 0 aromatic heterocycles. The van der Waals surface area contributed by atoms with Crippen molar-refractivity contribution in [3.8, 4) is 5.75 Å². The fourth-order valence-corrected chi connectivity index (χ4v) is 2.52. The third-order valence-corrected chi connectivity index (χ3v) is 4.22. The van der Waals surface area contributed by atoms with Gasteiger partial charge in [0.05, 0.1) is 6.61 Å². The quantitative estimate of drug-likeness (QED) is 0.771. The van der Waals surface area contributed by atoms with Crippen LogP contribution in [0.1, 0.15) is 53.7 Å². The van der Waals surface area contributed by atoms with Gasteiger partial charge in [-0.3, -0.25) is 0 Å². The standard InChI is InChI=1S/C20H26O2/c1-5-6-13-22-19-12-11-18(15(3)16(19)4)20(21)17-9-7-14(2)8-10-17/h7-12,20-21H,5-6,13H2,1-4H3. The van der Waals surface area contributed by atoms with E-state index in [4.69, 9.17) is 4.74 Å². The van der Waals surface area contributed by atoms with E-state index in [0.717, 1.165) is 47.5 Å². The summed E-state index contributed by atoms with van der Waals surface area (Å²) in [5.74, 6) is 0.922. The molecule has 0 aliphatic heterocycles. The molecular weight excluding hydrogens is 272 g/mol. The first-order valence-corrected chi connectivity index (χ1v) is 8.02. The average Bonchev–Trinajstić information content (AvgIpc) is 2.52. The van der Waals surface area contributed by atoms with Crippen LogP contribution in [0.15, 0.2) is 36.4 Å². The van der Waals surface area contributed by atoms with Crippen LogP contribution in [-0.4, -0.2) is 11.7 Å². The van der Waals surface area contributed by atoms with Crippen LogP contribution < -0.4 is 4.74 Å². The van der Waals surface area contributed by atoms with Crippen molar-refractivity contribution in [3.63, 3.8) is 0 Å². The summed E-state index contributed by atoms with van der Waals surface area (Å²) < 4.78 is 5.83. The van der Waals surface area contributed by atoms with Gasteiger partial charge in [0.1, 0.15) is 11.9 Å². The fourth-order valence-electron chi connectivity index (χ4n) is 2.52. The van der Waals surface area contributed by atoms with Crippen molar-refractivity contribution in [3.05, 3.63) is 64.2 Å². The molecule has 0 aliphatic rings. The first-order chi connectivity index (χ1) is 10.5. The van der Waals surface area contributed by atoms with Crippen LogP contribution in [0.2, 0.25) is 0 Å². The number of aliphatic hydroxyl groups is 1. The summed E-state index contributed by atoms with van der Waals surface area (Å²) in [5, 5.41) is 10.7. The molecule has 0 bridgehead atoms. The van der Waals surface area contributed by atoms with E-state index in [1.165, 1.54) is 5.56 Å². The van der Waals surface area contributed by atoms with Crippen LogP contribution in [0.25, 0.3) is 0 Å². The van der Waals surface area contributed by atoms with Gasteiger partial charge < -0.3 is 9.84 Å². The normalized spacial score (nSPS) is 12.2. The molecule has 0 spiro atoms. The molecule has 0 aliphatic carbocycles. The maximum atomic E-state index is 10.7. The van der Waals surface area contributed by atoms with Crippen LogP contribution in [0, 0.1) is 20.8 Å². The fraction of sp³-hybridized carbons (Fsp3) is 0.400. The van der Waals surface area contributed by atoms with E-state index in [0.29, 0.717) is 0 Å². The summed E-state index contributed by atoms with van der Waals surface area (Å²) in [6.45, 7) is 9.06. The van der Waals surface area contributed by atoms with Gasteiger partial charge in [-0.1, -0.05) is 49.2 Å². The van der Waals surface area contributed by atoms with Gasteiger partial charge in [-0.2, -0.15) is 0 Å². The van der Waals surface area contributed by atoms with Gasteiger partial charge in [0, 0.05) is 0 Å². The van der Waals surface area contributed by atoms with Crippen molar-refractivity contribution in [1.82, 2.24) is 0 Å². The van der Waals surface area contributed by atoms with Crippen molar-refractivity contribution in [1.29, 1.82) is 0 Å². The Bertz CT molecular complexity index is 614. The molecule has 1 unspecified atom stereocenters.